The van der Waals surface area contributed by atoms with Crippen LogP contribution in [0, 0.1) is 5.82 Å². The number of hydrogen-bond donors (Lipinski definition) is 4. The van der Waals surface area contributed by atoms with E-state index in [9.17, 15) is 19.1 Å². The van der Waals surface area contributed by atoms with Crippen molar-refractivity contribution in [2.45, 2.75) is 32.7 Å². The van der Waals surface area contributed by atoms with Crippen LogP contribution in [-0.2, 0) is 16.1 Å². The fourth-order valence-corrected chi connectivity index (χ4v) is 4.52. The van der Waals surface area contributed by atoms with E-state index in [0.717, 1.165) is 0 Å². The molecular weight excluding hydrogens is 595 g/mol. The summed E-state index contributed by atoms with van der Waals surface area (Å²) in [6.45, 7) is 3.51. The Labute approximate surface area is 258 Å². The van der Waals surface area contributed by atoms with Gasteiger partial charge in [-0.3, -0.25) is 5.43 Å². The number of allylic oxidation sites excluding steroid dienone is 1. The molecule has 2 atom stereocenters. The number of esters is 1. The summed E-state index contributed by atoms with van der Waals surface area (Å²) in [5.41, 5.74) is 4.66. The number of aliphatic hydroxyl groups is 1. The van der Waals surface area contributed by atoms with Gasteiger partial charge < -0.3 is 34.7 Å². The Hall–Kier alpha value is -4.81. The van der Waals surface area contributed by atoms with Gasteiger partial charge in [0.25, 0.3) is 0 Å². The van der Waals surface area contributed by atoms with Crippen LogP contribution < -0.4 is 30.3 Å². The lowest BCUT2D eigenvalue weighted by molar-refractivity contribution is -0.136. The largest absolute Gasteiger partial charge is 0.490 e. The van der Waals surface area contributed by atoms with Crippen LogP contribution in [0.1, 0.15) is 36.6 Å². The second kappa shape index (κ2) is 15.1. The molecule has 1 aliphatic heterocycles. The zero-order valence-electron chi connectivity index (χ0n) is 24.2. The van der Waals surface area contributed by atoms with Crippen molar-refractivity contribution in [1.82, 2.24) is 16.1 Å². The van der Waals surface area contributed by atoms with Crippen LogP contribution in [0.25, 0.3) is 0 Å². The lowest BCUT2D eigenvalue weighted by Crippen LogP contribution is -2.45. The van der Waals surface area contributed by atoms with Crippen molar-refractivity contribution in [3.63, 3.8) is 0 Å². The van der Waals surface area contributed by atoms with Crippen LogP contribution in [0.5, 0.6) is 17.2 Å². The van der Waals surface area contributed by atoms with E-state index < -0.39 is 24.3 Å². The van der Waals surface area contributed by atoms with Gasteiger partial charge in [-0.15, -0.1) is 0 Å². The molecule has 1 heterocycles. The van der Waals surface area contributed by atoms with E-state index in [1.807, 2.05) is 0 Å². The Morgan fingerprint density at radius 3 is 2.64 bits per heavy atom. The molecule has 0 aromatic heterocycles. The molecule has 13 heteroatoms. The summed E-state index contributed by atoms with van der Waals surface area (Å²) in [5.74, 6) is 0.112. The zero-order valence-corrected chi connectivity index (χ0v) is 25.0. The van der Waals surface area contributed by atoms with Crippen molar-refractivity contribution in [1.29, 1.82) is 0 Å². The molecule has 0 spiro atoms. The number of halogens is 2. The molecule has 2 amide bonds. The molecule has 0 saturated heterocycles. The van der Waals surface area contributed by atoms with E-state index in [2.05, 4.69) is 21.2 Å². The van der Waals surface area contributed by atoms with Gasteiger partial charge in [0, 0.05) is 21.8 Å². The van der Waals surface area contributed by atoms with Crippen molar-refractivity contribution in [2.75, 3.05) is 20.3 Å². The molecule has 0 bridgehead atoms. The SMILES string of the molecule is CCOc1cc([C@@H]2NC(=O)NC(C)=C2C(=O)OC)ccc1OC[C@@H](O)N/N=C/c1cc(Cl)ccc1OCc1ccccc1F. The fourth-order valence-electron chi connectivity index (χ4n) is 4.34. The fraction of sp³-hybridized carbons (Fsp3) is 0.258. The molecule has 44 heavy (non-hydrogen) atoms. The molecule has 3 aromatic carbocycles. The number of aliphatic hydroxyl groups excluding tert-OH is 1. The maximum atomic E-state index is 14.0. The highest BCUT2D eigenvalue weighted by molar-refractivity contribution is 6.30. The molecule has 0 aliphatic carbocycles. The van der Waals surface area contributed by atoms with E-state index in [-0.39, 0.29) is 24.6 Å². The van der Waals surface area contributed by atoms with Crippen LogP contribution in [0.3, 0.4) is 0 Å². The topological polar surface area (TPSA) is 140 Å². The van der Waals surface area contributed by atoms with Crippen LogP contribution in [0.4, 0.5) is 9.18 Å². The summed E-state index contributed by atoms with van der Waals surface area (Å²) >= 11 is 6.14. The minimum absolute atomic E-state index is 0.00386. The maximum absolute atomic E-state index is 14.0. The maximum Gasteiger partial charge on any atom is 0.337 e. The number of benzene rings is 3. The van der Waals surface area contributed by atoms with Gasteiger partial charge in [-0.25, -0.2) is 14.0 Å². The lowest BCUT2D eigenvalue weighted by atomic mass is 9.95. The molecule has 0 saturated carbocycles. The van der Waals surface area contributed by atoms with E-state index in [0.29, 0.717) is 51.3 Å². The van der Waals surface area contributed by atoms with Gasteiger partial charge >= 0.3 is 12.0 Å². The van der Waals surface area contributed by atoms with Crippen LogP contribution >= 0.6 is 11.6 Å². The van der Waals surface area contributed by atoms with Crippen LogP contribution in [0.2, 0.25) is 5.02 Å². The summed E-state index contributed by atoms with van der Waals surface area (Å²) in [6.07, 6.45) is 0.191. The van der Waals surface area contributed by atoms with Crippen molar-refractivity contribution in [3.05, 3.63) is 99.5 Å². The highest BCUT2D eigenvalue weighted by atomic mass is 35.5. The predicted molar refractivity (Wildman–Crippen MR) is 161 cm³/mol. The molecule has 1 aliphatic rings. The quantitative estimate of drug-likeness (QED) is 0.0936. The molecule has 4 rings (SSSR count). The van der Waals surface area contributed by atoms with Gasteiger partial charge in [0.2, 0.25) is 0 Å². The Kier molecular flexibility index (Phi) is 11.0. The number of nitrogens with one attached hydrogen (secondary N) is 3. The average Bonchev–Trinajstić information content (AvgIpc) is 3.00. The van der Waals surface area contributed by atoms with Crippen molar-refractivity contribution >= 4 is 29.8 Å². The summed E-state index contributed by atoms with van der Waals surface area (Å²) in [4.78, 5) is 24.6. The minimum atomic E-state index is -1.22. The molecule has 11 nitrogen and oxygen atoms in total. The number of hydrazone groups is 1. The van der Waals surface area contributed by atoms with E-state index in [4.69, 9.17) is 30.5 Å². The normalized spacial score (nSPS) is 15.3. The molecular formula is C31H32ClFN4O7. The Balaban J connectivity index is 1.41. The second-order valence-electron chi connectivity index (χ2n) is 9.48. The number of nitrogens with zero attached hydrogens (tertiary/aromatic N) is 1. The highest BCUT2D eigenvalue weighted by Gasteiger charge is 2.32. The standard InChI is InChI=1S/C31H32ClFN4O7/c1-4-42-26-14-19(29-28(30(39)41-3)18(2)35-31(40)36-29)9-11-25(26)44-17-27(38)37-34-15-21-13-22(32)10-12-24(21)43-16-20-7-5-6-8-23(20)33/h5-15,27,29,37-38H,4,16-17H2,1-3H3,(H2,35,36,40)/b34-15+/t27-,29+/m1/s1. The van der Waals surface area contributed by atoms with Crippen molar-refractivity contribution in [3.8, 4) is 17.2 Å². The van der Waals surface area contributed by atoms with E-state index in [1.54, 1.807) is 68.4 Å². The minimum Gasteiger partial charge on any atom is -0.490 e. The first-order valence-electron chi connectivity index (χ1n) is 13.6. The Morgan fingerprint density at radius 2 is 1.89 bits per heavy atom. The number of urea groups is 1. The molecule has 0 radical (unpaired) electrons. The highest BCUT2D eigenvalue weighted by Crippen LogP contribution is 2.35. The molecule has 3 aromatic rings. The van der Waals surface area contributed by atoms with E-state index >= 15 is 0 Å². The number of carbonyl (C=O) groups excluding carboxylic acids is 2. The Bertz CT molecular complexity index is 1570. The number of amides is 2. The predicted octanol–water partition coefficient (Wildman–Crippen LogP) is 4.58. The third-order valence-corrected chi connectivity index (χ3v) is 6.65. The monoisotopic (exact) mass is 626 g/mol. The number of methoxy groups -OCH3 is 1. The summed E-state index contributed by atoms with van der Waals surface area (Å²) in [7, 11) is 1.26. The molecule has 232 valence electrons. The number of hydrogen-bond acceptors (Lipinski definition) is 9. The number of carbonyl (C=O) groups is 2. The van der Waals surface area contributed by atoms with Crippen LogP contribution in [-0.4, -0.2) is 49.9 Å². The van der Waals surface area contributed by atoms with Crippen molar-refractivity contribution < 1.29 is 38.0 Å². The van der Waals surface area contributed by atoms with E-state index in [1.165, 1.54) is 19.4 Å². The third kappa shape index (κ3) is 8.17. The smallest absolute Gasteiger partial charge is 0.337 e. The second-order valence-corrected chi connectivity index (χ2v) is 9.91. The van der Waals surface area contributed by atoms with Gasteiger partial charge in [0.05, 0.1) is 31.5 Å². The molecule has 4 N–H and O–H groups in total. The third-order valence-electron chi connectivity index (χ3n) is 6.41. The van der Waals surface area contributed by atoms with Gasteiger partial charge in [-0.2, -0.15) is 5.10 Å². The Morgan fingerprint density at radius 1 is 1.11 bits per heavy atom. The number of rotatable bonds is 13. The van der Waals surface area contributed by atoms with Gasteiger partial charge in [-0.05, 0) is 55.8 Å². The average molecular weight is 627 g/mol. The summed E-state index contributed by atoms with van der Waals surface area (Å²) < 4.78 is 36.2. The van der Waals surface area contributed by atoms with Crippen LogP contribution in [0.15, 0.2) is 77.0 Å². The summed E-state index contributed by atoms with van der Waals surface area (Å²) in [6, 6.07) is 14.9. The first-order valence-corrected chi connectivity index (χ1v) is 14.0. The first kappa shape index (κ1) is 32.1. The van der Waals surface area contributed by atoms with Gasteiger partial charge in [0.1, 0.15) is 24.8 Å². The van der Waals surface area contributed by atoms with Gasteiger partial charge in [-0.1, -0.05) is 35.9 Å². The number of ether oxygens (including phenoxy) is 4. The van der Waals surface area contributed by atoms with Gasteiger partial charge in [0.15, 0.2) is 17.7 Å². The zero-order chi connectivity index (χ0) is 31.6. The first-order chi connectivity index (χ1) is 21.2. The lowest BCUT2D eigenvalue weighted by Gasteiger charge is -2.28. The van der Waals surface area contributed by atoms with Crippen molar-refractivity contribution in [2.24, 2.45) is 5.10 Å². The molecule has 0 unspecified atom stereocenters. The molecule has 0 fully saturated rings. The summed E-state index contributed by atoms with van der Waals surface area (Å²) in [5, 5.41) is 20.3.